The van der Waals surface area contributed by atoms with Crippen molar-refractivity contribution in [2.45, 2.75) is 6.23 Å². The van der Waals surface area contributed by atoms with Gasteiger partial charge >= 0.3 is 0 Å². The van der Waals surface area contributed by atoms with Crippen LogP contribution < -0.4 is 5.32 Å². The van der Waals surface area contributed by atoms with Crippen LogP contribution in [0.25, 0.3) is 10.4 Å². The molecule has 1 aliphatic heterocycles. The normalized spacial score (nSPS) is 18.4. The minimum atomic E-state index is -1.20. The topological polar surface area (TPSA) is 73.2 Å². The summed E-state index contributed by atoms with van der Waals surface area (Å²) in [6.07, 6.45) is -1.20. The highest BCUT2D eigenvalue weighted by Crippen LogP contribution is 2.33. The summed E-state index contributed by atoms with van der Waals surface area (Å²) in [6, 6.07) is 11.5. The Bertz CT molecular complexity index is 634. The van der Waals surface area contributed by atoms with Crippen LogP contribution in [0.2, 0.25) is 0 Å². The molecule has 0 spiro atoms. The third-order valence-electron chi connectivity index (χ3n) is 2.82. The van der Waals surface area contributed by atoms with Crippen molar-refractivity contribution in [2.24, 2.45) is 0 Å². The van der Waals surface area contributed by atoms with Gasteiger partial charge in [-0.05, 0) is 11.6 Å². The highest BCUT2D eigenvalue weighted by molar-refractivity contribution is 7.18. The number of hydrogen-bond acceptors (Lipinski definition) is 4. The molecule has 1 aromatic carbocycles. The lowest BCUT2D eigenvalue weighted by atomic mass is 10.1. The molecule has 2 heterocycles. The Kier molecular flexibility index (Phi) is 2.50. The van der Waals surface area contributed by atoms with Crippen LogP contribution in [0.4, 0.5) is 0 Å². The summed E-state index contributed by atoms with van der Waals surface area (Å²) >= 11 is 1.36. The Morgan fingerprint density at radius 2 is 2.00 bits per heavy atom. The summed E-state index contributed by atoms with van der Waals surface area (Å²) < 4.78 is 0. The monoisotopic (exact) mass is 258 g/mol. The maximum Gasteiger partial charge on any atom is 0.255 e. The second-order valence-corrected chi connectivity index (χ2v) is 5.06. The number of aliphatic hydroxyl groups excluding tert-OH is 1. The Labute approximate surface area is 107 Å². The van der Waals surface area contributed by atoms with E-state index in [1.165, 1.54) is 11.3 Å². The fourth-order valence-corrected chi connectivity index (χ4v) is 3.04. The number of hydrogen-bond donors (Lipinski definition) is 3. The highest BCUT2D eigenvalue weighted by atomic mass is 32.1. The molecule has 1 atom stereocenters. The van der Waals surface area contributed by atoms with Crippen molar-refractivity contribution in [3.05, 3.63) is 46.8 Å². The van der Waals surface area contributed by atoms with Gasteiger partial charge in [-0.15, -0.1) is 11.3 Å². The lowest BCUT2D eigenvalue weighted by Gasteiger charge is -2.18. The summed E-state index contributed by atoms with van der Waals surface area (Å²) in [5.41, 5.74) is 1.53. The maximum atomic E-state index is 11.7. The third-order valence-corrected chi connectivity index (χ3v) is 4.04. The van der Waals surface area contributed by atoms with E-state index in [0.29, 0.717) is 10.4 Å². The zero-order valence-corrected chi connectivity index (χ0v) is 10.1. The number of carbonyl (C=O) groups is 1. The number of thiophene rings is 1. The predicted octanol–water partition coefficient (Wildman–Crippen LogP) is 1.84. The van der Waals surface area contributed by atoms with Crippen LogP contribution in [0.5, 0.6) is 0 Å². The first-order valence-corrected chi connectivity index (χ1v) is 6.25. The van der Waals surface area contributed by atoms with Crippen LogP contribution in [-0.2, 0) is 0 Å². The summed E-state index contributed by atoms with van der Waals surface area (Å²) in [5, 5.41) is 19.7. The molecule has 1 aliphatic rings. The van der Waals surface area contributed by atoms with Crippen molar-refractivity contribution in [1.29, 1.82) is 5.41 Å². The van der Waals surface area contributed by atoms with Crippen molar-refractivity contribution in [1.82, 2.24) is 5.32 Å². The number of rotatable bonds is 1. The van der Waals surface area contributed by atoms with E-state index in [9.17, 15) is 9.90 Å². The number of fused-ring (bicyclic) bond motifs is 1. The van der Waals surface area contributed by atoms with Crippen LogP contribution in [-0.4, -0.2) is 23.0 Å². The highest BCUT2D eigenvalue weighted by Gasteiger charge is 2.30. The molecule has 0 bridgehead atoms. The molecule has 1 aromatic heterocycles. The van der Waals surface area contributed by atoms with E-state index < -0.39 is 6.23 Å². The average molecular weight is 258 g/mol. The van der Waals surface area contributed by atoms with Gasteiger partial charge in [0.15, 0.2) is 6.23 Å². The van der Waals surface area contributed by atoms with Gasteiger partial charge in [-0.3, -0.25) is 10.2 Å². The molecule has 0 radical (unpaired) electrons. The van der Waals surface area contributed by atoms with Gasteiger partial charge in [0.05, 0.1) is 16.2 Å². The first kappa shape index (κ1) is 11.1. The van der Waals surface area contributed by atoms with E-state index in [-0.39, 0.29) is 11.6 Å². The Hall–Kier alpha value is -1.98. The first-order chi connectivity index (χ1) is 8.66. The quantitative estimate of drug-likeness (QED) is 0.730. The smallest absolute Gasteiger partial charge is 0.255 e. The third kappa shape index (κ3) is 1.64. The molecular weight excluding hydrogens is 248 g/mol. The molecule has 0 aliphatic carbocycles. The zero-order chi connectivity index (χ0) is 12.7. The first-order valence-electron chi connectivity index (χ1n) is 5.44. The lowest BCUT2D eigenvalue weighted by Crippen LogP contribution is -2.45. The van der Waals surface area contributed by atoms with E-state index >= 15 is 0 Å². The van der Waals surface area contributed by atoms with Crippen molar-refractivity contribution < 1.29 is 9.90 Å². The molecule has 1 amide bonds. The van der Waals surface area contributed by atoms with E-state index in [1.54, 1.807) is 6.07 Å². The second-order valence-electron chi connectivity index (χ2n) is 4.01. The standard InChI is InChI=1S/C13H10N2O2S/c14-10-11-8(12(16)15-13(10)17)6-9(18-11)7-4-2-1-3-5-7/h1-6,13-14,17H,(H,15,16). The molecule has 18 heavy (non-hydrogen) atoms. The van der Waals surface area contributed by atoms with Gasteiger partial charge in [-0.1, -0.05) is 30.3 Å². The minimum absolute atomic E-state index is 0.0526. The lowest BCUT2D eigenvalue weighted by molar-refractivity contribution is 0.0862. The predicted molar refractivity (Wildman–Crippen MR) is 70.1 cm³/mol. The molecule has 0 fully saturated rings. The molecule has 2 aromatic rings. The van der Waals surface area contributed by atoms with E-state index in [1.807, 2.05) is 30.3 Å². The summed E-state index contributed by atoms with van der Waals surface area (Å²) in [7, 11) is 0. The van der Waals surface area contributed by atoms with Gasteiger partial charge < -0.3 is 10.4 Å². The number of amides is 1. The van der Waals surface area contributed by atoms with Gasteiger partial charge in [0.1, 0.15) is 0 Å². The van der Waals surface area contributed by atoms with Crippen LogP contribution in [0.3, 0.4) is 0 Å². The van der Waals surface area contributed by atoms with Crippen LogP contribution in [0.1, 0.15) is 15.2 Å². The fraction of sp³-hybridized carbons (Fsp3) is 0.0769. The minimum Gasteiger partial charge on any atom is -0.368 e. The van der Waals surface area contributed by atoms with Gasteiger partial charge in [-0.25, -0.2) is 0 Å². The van der Waals surface area contributed by atoms with Gasteiger partial charge in [0.2, 0.25) is 0 Å². The summed E-state index contributed by atoms with van der Waals surface area (Å²) in [5.74, 6) is -0.327. The molecule has 90 valence electrons. The summed E-state index contributed by atoms with van der Waals surface area (Å²) in [4.78, 5) is 13.2. The Morgan fingerprint density at radius 1 is 1.28 bits per heavy atom. The fourth-order valence-electron chi connectivity index (χ4n) is 1.90. The number of benzene rings is 1. The molecule has 3 N–H and O–H groups in total. The van der Waals surface area contributed by atoms with Crippen molar-refractivity contribution in [3.63, 3.8) is 0 Å². The maximum absolute atomic E-state index is 11.7. The Balaban J connectivity index is 2.13. The van der Waals surface area contributed by atoms with Crippen LogP contribution in [0, 0.1) is 5.41 Å². The van der Waals surface area contributed by atoms with E-state index in [4.69, 9.17) is 5.41 Å². The van der Waals surface area contributed by atoms with E-state index in [0.717, 1.165) is 10.4 Å². The molecule has 5 heteroatoms. The zero-order valence-electron chi connectivity index (χ0n) is 9.31. The molecule has 4 nitrogen and oxygen atoms in total. The number of aliphatic hydroxyl groups is 1. The molecular formula is C13H10N2O2S. The van der Waals surface area contributed by atoms with Crippen molar-refractivity contribution >= 4 is 23.0 Å². The average Bonchev–Trinajstić information content (AvgIpc) is 2.83. The van der Waals surface area contributed by atoms with Crippen LogP contribution in [0.15, 0.2) is 36.4 Å². The number of nitrogens with one attached hydrogen (secondary N) is 2. The summed E-state index contributed by atoms with van der Waals surface area (Å²) in [6.45, 7) is 0. The van der Waals surface area contributed by atoms with Crippen molar-refractivity contribution in [2.75, 3.05) is 0 Å². The van der Waals surface area contributed by atoms with Gasteiger partial charge in [0.25, 0.3) is 5.91 Å². The van der Waals surface area contributed by atoms with Gasteiger partial charge in [0, 0.05) is 4.88 Å². The van der Waals surface area contributed by atoms with Crippen LogP contribution >= 0.6 is 11.3 Å². The largest absolute Gasteiger partial charge is 0.368 e. The molecule has 0 saturated heterocycles. The van der Waals surface area contributed by atoms with E-state index in [2.05, 4.69) is 5.32 Å². The second kappa shape index (κ2) is 4.04. The molecule has 0 saturated carbocycles. The SMILES string of the molecule is N=C1c2sc(-c3ccccc3)cc2C(=O)NC1O. The Morgan fingerprint density at radius 3 is 2.72 bits per heavy atom. The molecule has 1 unspecified atom stereocenters. The number of carbonyl (C=O) groups excluding carboxylic acids is 1. The molecule has 3 rings (SSSR count). The van der Waals surface area contributed by atoms with Gasteiger partial charge in [-0.2, -0.15) is 0 Å². The van der Waals surface area contributed by atoms with Crippen molar-refractivity contribution in [3.8, 4) is 10.4 Å².